The molecule has 1 amide bonds. The summed E-state index contributed by atoms with van der Waals surface area (Å²) >= 11 is 3.41. The highest BCUT2D eigenvalue weighted by Crippen LogP contribution is 2.21. The molecule has 1 aliphatic carbocycles. The fourth-order valence-corrected chi connectivity index (χ4v) is 2.21. The first-order chi connectivity index (χ1) is 9.72. The summed E-state index contributed by atoms with van der Waals surface area (Å²) in [6, 6.07) is 9.71. The smallest absolute Gasteiger partial charge is 0.251 e. The van der Waals surface area contributed by atoms with Crippen LogP contribution in [-0.4, -0.2) is 11.9 Å². The summed E-state index contributed by atoms with van der Waals surface area (Å²) < 4.78 is 6.27. The van der Waals surface area contributed by atoms with E-state index in [0.29, 0.717) is 18.2 Å². The molecule has 2 aromatic rings. The topological polar surface area (TPSA) is 54.3 Å². The maximum absolute atomic E-state index is 11.8. The fraction of sp³-hybridized carbons (Fsp3) is 0.267. The third kappa shape index (κ3) is 3.22. The van der Waals surface area contributed by atoms with Crippen molar-refractivity contribution in [3.8, 4) is 0 Å². The van der Waals surface area contributed by atoms with E-state index in [9.17, 15) is 4.79 Å². The van der Waals surface area contributed by atoms with Crippen molar-refractivity contribution in [2.75, 3.05) is 5.32 Å². The Labute approximate surface area is 125 Å². The summed E-state index contributed by atoms with van der Waals surface area (Å²) in [6.07, 6.45) is 3.85. The summed E-state index contributed by atoms with van der Waals surface area (Å²) in [6.45, 7) is 0.598. The standard InChI is InChI=1S/C15H15BrN2O2/c16-13-7-8-20-14(13)9-17-11-3-1-10(2-4-11)15(19)18-12-5-6-12/h1-4,7-8,12,17H,5-6,9H2,(H,18,19). The molecule has 5 heteroatoms. The quantitative estimate of drug-likeness (QED) is 0.879. The zero-order chi connectivity index (χ0) is 13.9. The molecule has 0 bridgehead atoms. The molecule has 1 heterocycles. The molecule has 1 aromatic carbocycles. The number of carbonyl (C=O) groups excluding carboxylic acids is 1. The first kappa shape index (κ1) is 13.2. The van der Waals surface area contributed by atoms with E-state index in [2.05, 4.69) is 26.6 Å². The van der Waals surface area contributed by atoms with E-state index in [1.54, 1.807) is 6.26 Å². The van der Waals surface area contributed by atoms with E-state index in [1.807, 2.05) is 30.3 Å². The Hall–Kier alpha value is -1.75. The van der Waals surface area contributed by atoms with Crippen LogP contribution in [0.2, 0.25) is 0 Å². The number of halogens is 1. The van der Waals surface area contributed by atoms with E-state index in [1.165, 1.54) is 0 Å². The SMILES string of the molecule is O=C(NC1CC1)c1ccc(NCc2occc2Br)cc1. The molecule has 0 atom stereocenters. The van der Waals surface area contributed by atoms with Crippen LogP contribution in [-0.2, 0) is 6.54 Å². The average molecular weight is 335 g/mol. The molecule has 2 N–H and O–H groups in total. The molecule has 3 rings (SSSR count). The van der Waals surface area contributed by atoms with Crippen LogP contribution in [0.3, 0.4) is 0 Å². The van der Waals surface area contributed by atoms with Crippen molar-refractivity contribution in [2.45, 2.75) is 25.4 Å². The molecule has 1 aliphatic rings. The van der Waals surface area contributed by atoms with Gasteiger partial charge in [-0.2, -0.15) is 0 Å². The molecule has 20 heavy (non-hydrogen) atoms. The maximum atomic E-state index is 11.8. The number of rotatable bonds is 5. The Balaban J connectivity index is 1.58. The monoisotopic (exact) mass is 334 g/mol. The molecule has 104 valence electrons. The molecule has 0 radical (unpaired) electrons. The van der Waals surface area contributed by atoms with Crippen LogP contribution in [0.5, 0.6) is 0 Å². The van der Waals surface area contributed by atoms with Crippen molar-refractivity contribution < 1.29 is 9.21 Å². The molecular weight excluding hydrogens is 320 g/mol. The second-order valence-corrected chi connectivity index (χ2v) is 5.72. The zero-order valence-corrected chi connectivity index (χ0v) is 12.4. The Morgan fingerprint density at radius 3 is 2.60 bits per heavy atom. The minimum absolute atomic E-state index is 0.00725. The largest absolute Gasteiger partial charge is 0.466 e. The third-order valence-electron chi connectivity index (χ3n) is 3.20. The highest BCUT2D eigenvalue weighted by atomic mass is 79.9. The van der Waals surface area contributed by atoms with Gasteiger partial charge in [-0.3, -0.25) is 4.79 Å². The van der Waals surface area contributed by atoms with Gasteiger partial charge in [-0.25, -0.2) is 0 Å². The normalized spacial score (nSPS) is 14.1. The Morgan fingerprint density at radius 1 is 1.25 bits per heavy atom. The number of hydrogen-bond acceptors (Lipinski definition) is 3. The minimum atomic E-state index is 0.00725. The van der Waals surface area contributed by atoms with Crippen molar-refractivity contribution >= 4 is 27.5 Å². The van der Waals surface area contributed by atoms with Gasteiger partial charge in [0.2, 0.25) is 0 Å². The fourth-order valence-electron chi connectivity index (χ4n) is 1.87. The van der Waals surface area contributed by atoms with Crippen molar-refractivity contribution in [3.05, 3.63) is 52.4 Å². The van der Waals surface area contributed by atoms with Crippen LogP contribution in [0.1, 0.15) is 29.0 Å². The number of anilines is 1. The van der Waals surface area contributed by atoms with Gasteiger partial charge in [0, 0.05) is 17.3 Å². The van der Waals surface area contributed by atoms with Gasteiger partial charge in [0.15, 0.2) is 0 Å². The molecule has 1 aromatic heterocycles. The second-order valence-electron chi connectivity index (χ2n) is 4.87. The van der Waals surface area contributed by atoms with Crippen LogP contribution in [0, 0.1) is 0 Å². The van der Waals surface area contributed by atoms with Crippen molar-refractivity contribution in [1.82, 2.24) is 5.32 Å². The van der Waals surface area contributed by atoms with Crippen LogP contribution in [0.4, 0.5) is 5.69 Å². The van der Waals surface area contributed by atoms with Crippen molar-refractivity contribution in [2.24, 2.45) is 0 Å². The number of benzene rings is 1. The Kier molecular flexibility index (Phi) is 3.78. The third-order valence-corrected chi connectivity index (χ3v) is 3.91. The van der Waals surface area contributed by atoms with Gasteiger partial charge >= 0.3 is 0 Å². The number of furan rings is 1. The van der Waals surface area contributed by atoms with E-state index < -0.39 is 0 Å². The number of carbonyl (C=O) groups is 1. The lowest BCUT2D eigenvalue weighted by atomic mass is 10.2. The van der Waals surface area contributed by atoms with Crippen LogP contribution in [0.15, 0.2) is 45.5 Å². The van der Waals surface area contributed by atoms with E-state index >= 15 is 0 Å². The average Bonchev–Trinajstić information content (AvgIpc) is 3.18. The van der Waals surface area contributed by atoms with E-state index in [4.69, 9.17) is 4.42 Å². The van der Waals surface area contributed by atoms with Gasteiger partial charge in [0.1, 0.15) is 5.76 Å². The summed E-state index contributed by atoms with van der Waals surface area (Å²) in [7, 11) is 0. The molecular formula is C15H15BrN2O2. The first-order valence-electron chi connectivity index (χ1n) is 6.59. The lowest BCUT2D eigenvalue weighted by Crippen LogP contribution is -2.25. The highest BCUT2D eigenvalue weighted by Gasteiger charge is 2.23. The number of amides is 1. The Morgan fingerprint density at radius 2 is 2.00 bits per heavy atom. The predicted molar refractivity (Wildman–Crippen MR) is 80.7 cm³/mol. The van der Waals surface area contributed by atoms with Crippen LogP contribution < -0.4 is 10.6 Å². The molecule has 0 unspecified atom stereocenters. The first-order valence-corrected chi connectivity index (χ1v) is 7.38. The van der Waals surface area contributed by atoms with E-state index in [-0.39, 0.29) is 5.91 Å². The van der Waals surface area contributed by atoms with Gasteiger partial charge in [0.05, 0.1) is 17.3 Å². The summed E-state index contributed by atoms with van der Waals surface area (Å²) in [5, 5.41) is 6.22. The lowest BCUT2D eigenvalue weighted by molar-refractivity contribution is 0.0951. The van der Waals surface area contributed by atoms with Gasteiger partial charge in [-0.05, 0) is 59.1 Å². The lowest BCUT2D eigenvalue weighted by Gasteiger charge is -2.07. The molecule has 0 spiro atoms. The van der Waals surface area contributed by atoms with Gasteiger partial charge in [0.25, 0.3) is 5.91 Å². The summed E-state index contributed by atoms with van der Waals surface area (Å²) in [5.41, 5.74) is 1.65. The van der Waals surface area contributed by atoms with Gasteiger partial charge in [-0.15, -0.1) is 0 Å². The predicted octanol–water partition coefficient (Wildman–Crippen LogP) is 3.55. The molecule has 1 saturated carbocycles. The van der Waals surface area contributed by atoms with Gasteiger partial charge in [-0.1, -0.05) is 0 Å². The second kappa shape index (κ2) is 5.71. The minimum Gasteiger partial charge on any atom is -0.466 e. The maximum Gasteiger partial charge on any atom is 0.251 e. The molecule has 1 fully saturated rings. The van der Waals surface area contributed by atoms with Crippen LogP contribution >= 0.6 is 15.9 Å². The van der Waals surface area contributed by atoms with Crippen LogP contribution in [0.25, 0.3) is 0 Å². The molecule has 4 nitrogen and oxygen atoms in total. The Bertz CT molecular complexity index is 603. The van der Waals surface area contributed by atoms with E-state index in [0.717, 1.165) is 28.8 Å². The van der Waals surface area contributed by atoms with Crippen molar-refractivity contribution in [3.63, 3.8) is 0 Å². The summed E-state index contributed by atoms with van der Waals surface area (Å²) in [5.74, 6) is 0.855. The van der Waals surface area contributed by atoms with Gasteiger partial charge < -0.3 is 15.1 Å². The highest BCUT2D eigenvalue weighted by molar-refractivity contribution is 9.10. The molecule has 0 aliphatic heterocycles. The number of hydrogen-bond donors (Lipinski definition) is 2. The summed E-state index contributed by atoms with van der Waals surface area (Å²) in [4.78, 5) is 11.8. The number of nitrogens with one attached hydrogen (secondary N) is 2. The van der Waals surface area contributed by atoms with Crippen molar-refractivity contribution in [1.29, 1.82) is 0 Å². The zero-order valence-electron chi connectivity index (χ0n) is 10.9. The molecule has 0 saturated heterocycles.